The topological polar surface area (TPSA) is 30.5 Å². The van der Waals surface area contributed by atoms with E-state index in [0.29, 0.717) is 18.8 Å². The predicted octanol–water partition coefficient (Wildman–Crippen LogP) is 2.88. The average molecular weight is 263 g/mol. The molecule has 0 aliphatic carbocycles. The maximum absolute atomic E-state index is 5.70. The van der Waals surface area contributed by atoms with Gasteiger partial charge in [-0.05, 0) is 24.0 Å². The van der Waals surface area contributed by atoms with Gasteiger partial charge in [0.15, 0.2) is 0 Å². The molecule has 0 bridgehead atoms. The second-order valence-electron chi connectivity index (χ2n) is 5.50. The van der Waals surface area contributed by atoms with Crippen molar-refractivity contribution < 1.29 is 9.47 Å². The molecule has 1 atom stereocenters. The molecule has 1 saturated heterocycles. The van der Waals surface area contributed by atoms with Gasteiger partial charge in [0.1, 0.15) is 0 Å². The van der Waals surface area contributed by atoms with Gasteiger partial charge < -0.3 is 14.8 Å². The van der Waals surface area contributed by atoms with Crippen LogP contribution in [0.5, 0.6) is 0 Å². The lowest BCUT2D eigenvalue weighted by atomic mass is 10.1. The highest BCUT2D eigenvalue weighted by atomic mass is 16.5. The molecule has 0 radical (unpaired) electrons. The van der Waals surface area contributed by atoms with Crippen LogP contribution in [0.3, 0.4) is 0 Å². The monoisotopic (exact) mass is 263 g/mol. The summed E-state index contributed by atoms with van der Waals surface area (Å²) in [7, 11) is 0. The number of hydrogen-bond donors (Lipinski definition) is 1. The first-order chi connectivity index (χ1) is 9.24. The maximum atomic E-state index is 5.70. The Morgan fingerprint density at radius 2 is 2.00 bits per heavy atom. The molecule has 106 valence electrons. The molecule has 3 heteroatoms. The number of ether oxygens (including phenoxy) is 2. The smallest absolute Gasteiger partial charge is 0.0809 e. The van der Waals surface area contributed by atoms with Crippen LogP contribution in [0, 0.1) is 0 Å². The van der Waals surface area contributed by atoms with Gasteiger partial charge in [0.05, 0.1) is 19.3 Å². The Morgan fingerprint density at radius 1 is 1.26 bits per heavy atom. The van der Waals surface area contributed by atoms with E-state index in [0.717, 1.165) is 26.2 Å². The van der Waals surface area contributed by atoms with Gasteiger partial charge in [-0.25, -0.2) is 0 Å². The van der Waals surface area contributed by atoms with Crippen LogP contribution in [-0.4, -0.2) is 25.4 Å². The normalized spacial score (nSPS) is 19.2. The van der Waals surface area contributed by atoms with E-state index < -0.39 is 0 Å². The predicted molar refractivity (Wildman–Crippen MR) is 77.0 cm³/mol. The third-order valence-corrected chi connectivity index (χ3v) is 3.33. The third-order valence-electron chi connectivity index (χ3n) is 3.33. The molecular formula is C16H25NO2. The van der Waals surface area contributed by atoms with Crippen LogP contribution in [0.25, 0.3) is 0 Å². The first-order valence-corrected chi connectivity index (χ1v) is 7.24. The lowest BCUT2D eigenvalue weighted by molar-refractivity contribution is 0.0106. The lowest BCUT2D eigenvalue weighted by Crippen LogP contribution is -2.21. The van der Waals surface area contributed by atoms with Crippen molar-refractivity contribution in [2.24, 2.45) is 0 Å². The van der Waals surface area contributed by atoms with Gasteiger partial charge in [-0.3, -0.25) is 0 Å². The molecular weight excluding hydrogens is 238 g/mol. The van der Waals surface area contributed by atoms with Gasteiger partial charge in [-0.2, -0.15) is 0 Å². The zero-order valence-electron chi connectivity index (χ0n) is 12.0. The van der Waals surface area contributed by atoms with Crippen molar-refractivity contribution in [1.82, 2.24) is 5.32 Å². The molecule has 1 heterocycles. The summed E-state index contributed by atoms with van der Waals surface area (Å²) >= 11 is 0. The zero-order valence-corrected chi connectivity index (χ0v) is 12.0. The first-order valence-electron chi connectivity index (χ1n) is 7.24. The summed E-state index contributed by atoms with van der Waals surface area (Å²) in [6, 6.07) is 9.15. The molecule has 19 heavy (non-hydrogen) atoms. The number of benzene rings is 1. The van der Waals surface area contributed by atoms with E-state index in [1.165, 1.54) is 17.5 Å². The Bertz CT molecular complexity index is 356. The maximum Gasteiger partial charge on any atom is 0.0809 e. The standard InChI is InChI=1S/C16H25NO2/c1-13(2)17-10-14-5-7-15(8-6-14)11-18-12-16-4-3-9-19-16/h5-8,13,16-17H,3-4,9-12H2,1-2H3. The summed E-state index contributed by atoms with van der Waals surface area (Å²) in [6.45, 7) is 7.54. The highest BCUT2D eigenvalue weighted by molar-refractivity contribution is 5.21. The van der Waals surface area contributed by atoms with Crippen molar-refractivity contribution in [1.29, 1.82) is 0 Å². The molecule has 1 aromatic carbocycles. The summed E-state index contributed by atoms with van der Waals surface area (Å²) in [6.07, 6.45) is 2.63. The summed E-state index contributed by atoms with van der Waals surface area (Å²) in [5.41, 5.74) is 2.54. The van der Waals surface area contributed by atoms with Crippen LogP contribution in [0.4, 0.5) is 0 Å². The molecule has 2 rings (SSSR count). The molecule has 1 fully saturated rings. The Morgan fingerprint density at radius 3 is 2.63 bits per heavy atom. The Labute approximate surface area is 116 Å². The summed E-state index contributed by atoms with van der Waals surface area (Å²) in [5.74, 6) is 0. The molecule has 1 aliphatic heterocycles. The molecule has 1 unspecified atom stereocenters. The number of rotatable bonds is 7. The van der Waals surface area contributed by atoms with E-state index in [9.17, 15) is 0 Å². The van der Waals surface area contributed by atoms with E-state index in [2.05, 4.69) is 43.4 Å². The number of hydrogen-bond acceptors (Lipinski definition) is 3. The van der Waals surface area contributed by atoms with Crippen molar-refractivity contribution in [2.75, 3.05) is 13.2 Å². The van der Waals surface area contributed by atoms with Crippen LogP contribution < -0.4 is 5.32 Å². The molecule has 3 nitrogen and oxygen atoms in total. The molecule has 1 N–H and O–H groups in total. The fourth-order valence-corrected chi connectivity index (χ4v) is 2.16. The van der Waals surface area contributed by atoms with Crippen molar-refractivity contribution in [2.45, 2.75) is 52.0 Å². The fraction of sp³-hybridized carbons (Fsp3) is 0.625. The van der Waals surface area contributed by atoms with Crippen LogP contribution in [0.2, 0.25) is 0 Å². The van der Waals surface area contributed by atoms with Crippen molar-refractivity contribution in [3.8, 4) is 0 Å². The second kappa shape index (κ2) is 7.63. The first kappa shape index (κ1) is 14.5. The van der Waals surface area contributed by atoms with Gasteiger partial charge in [-0.15, -0.1) is 0 Å². The van der Waals surface area contributed by atoms with Gasteiger partial charge in [0, 0.05) is 19.2 Å². The van der Waals surface area contributed by atoms with Gasteiger partial charge >= 0.3 is 0 Å². The fourth-order valence-electron chi connectivity index (χ4n) is 2.16. The molecule has 1 aliphatic rings. The minimum Gasteiger partial charge on any atom is -0.376 e. The van der Waals surface area contributed by atoms with E-state index in [1.54, 1.807) is 0 Å². The number of nitrogens with one attached hydrogen (secondary N) is 1. The molecule has 0 aromatic heterocycles. The van der Waals surface area contributed by atoms with Gasteiger partial charge in [0.25, 0.3) is 0 Å². The van der Waals surface area contributed by atoms with Crippen molar-refractivity contribution in [3.05, 3.63) is 35.4 Å². The van der Waals surface area contributed by atoms with E-state index >= 15 is 0 Å². The zero-order chi connectivity index (χ0) is 13.5. The molecule has 1 aromatic rings. The summed E-state index contributed by atoms with van der Waals surface area (Å²) in [5, 5.41) is 3.41. The van der Waals surface area contributed by atoms with E-state index in [4.69, 9.17) is 9.47 Å². The van der Waals surface area contributed by atoms with E-state index in [-0.39, 0.29) is 0 Å². The second-order valence-corrected chi connectivity index (χ2v) is 5.50. The minimum atomic E-state index is 0.314. The minimum absolute atomic E-state index is 0.314. The lowest BCUT2D eigenvalue weighted by Gasteiger charge is -2.11. The Kier molecular flexibility index (Phi) is 5.83. The highest BCUT2D eigenvalue weighted by Crippen LogP contribution is 2.13. The Hall–Kier alpha value is -0.900. The highest BCUT2D eigenvalue weighted by Gasteiger charge is 2.15. The average Bonchev–Trinajstić information content (AvgIpc) is 2.91. The molecule has 0 spiro atoms. The van der Waals surface area contributed by atoms with Crippen LogP contribution in [-0.2, 0) is 22.6 Å². The van der Waals surface area contributed by atoms with Crippen LogP contribution in [0.1, 0.15) is 37.8 Å². The van der Waals surface area contributed by atoms with Gasteiger partial charge in [-0.1, -0.05) is 38.1 Å². The van der Waals surface area contributed by atoms with E-state index in [1.807, 2.05) is 0 Å². The van der Waals surface area contributed by atoms with Gasteiger partial charge in [0.2, 0.25) is 0 Å². The van der Waals surface area contributed by atoms with Crippen LogP contribution >= 0.6 is 0 Å². The quantitative estimate of drug-likeness (QED) is 0.820. The van der Waals surface area contributed by atoms with Crippen LogP contribution in [0.15, 0.2) is 24.3 Å². The summed E-state index contributed by atoms with van der Waals surface area (Å²) < 4.78 is 11.2. The SMILES string of the molecule is CC(C)NCc1ccc(COCC2CCCO2)cc1. The van der Waals surface area contributed by atoms with Crippen molar-refractivity contribution in [3.63, 3.8) is 0 Å². The third kappa shape index (κ3) is 5.31. The molecule has 0 saturated carbocycles. The van der Waals surface area contributed by atoms with Crippen molar-refractivity contribution >= 4 is 0 Å². The largest absolute Gasteiger partial charge is 0.376 e. The Balaban J connectivity index is 1.69. The summed E-state index contributed by atoms with van der Waals surface area (Å²) in [4.78, 5) is 0. The molecule has 0 amide bonds.